The molecule has 0 radical (unpaired) electrons. The number of aromatic nitrogens is 1. The molecule has 0 saturated heterocycles. The Labute approximate surface area is 123 Å². The van der Waals surface area contributed by atoms with E-state index in [1.165, 1.54) is 28.1 Å². The van der Waals surface area contributed by atoms with Crippen LogP contribution in [0.25, 0.3) is 10.6 Å². The lowest BCUT2D eigenvalue weighted by Crippen LogP contribution is -2.26. The largest absolute Gasteiger partial charge is 0.395 e. The predicted molar refractivity (Wildman–Crippen MR) is 83.1 cm³/mol. The molecule has 1 aliphatic carbocycles. The summed E-state index contributed by atoms with van der Waals surface area (Å²) < 4.78 is 0. The molecule has 1 heterocycles. The van der Waals surface area contributed by atoms with Gasteiger partial charge < -0.3 is 10.4 Å². The lowest BCUT2D eigenvalue weighted by Gasteiger charge is -2.21. The number of hydrogen-bond donors (Lipinski definition) is 2. The molecule has 1 aromatic heterocycles. The van der Waals surface area contributed by atoms with Crippen LogP contribution in [-0.4, -0.2) is 23.2 Å². The smallest absolute Gasteiger partial charge is 0.123 e. The highest BCUT2D eigenvalue weighted by molar-refractivity contribution is 7.15. The standard InChI is InChI=1S/C16H20N2OS/c1-11-5-7-12(8-6-11)16-18-14-4-2-3-13(15(14)20-16)17-9-10-19/h5-8,13,17,19H,2-4,9-10H2,1H3. The molecule has 0 spiro atoms. The third-order valence-corrected chi connectivity index (χ3v) is 5.01. The minimum atomic E-state index is 0.190. The van der Waals surface area contributed by atoms with E-state index in [1.807, 2.05) is 0 Å². The summed E-state index contributed by atoms with van der Waals surface area (Å²) in [6.45, 7) is 2.95. The van der Waals surface area contributed by atoms with Crippen LogP contribution in [0.2, 0.25) is 0 Å². The van der Waals surface area contributed by atoms with Gasteiger partial charge in [0.25, 0.3) is 0 Å². The van der Waals surface area contributed by atoms with Crippen molar-refractivity contribution in [1.82, 2.24) is 10.3 Å². The Hall–Kier alpha value is -1.23. The van der Waals surface area contributed by atoms with Crippen LogP contribution in [0.1, 0.15) is 35.0 Å². The Balaban J connectivity index is 1.88. The molecule has 2 aromatic rings. The van der Waals surface area contributed by atoms with Gasteiger partial charge in [-0.3, -0.25) is 0 Å². The maximum absolute atomic E-state index is 8.98. The molecule has 3 nitrogen and oxygen atoms in total. The zero-order valence-electron chi connectivity index (χ0n) is 11.7. The van der Waals surface area contributed by atoms with E-state index in [2.05, 4.69) is 36.5 Å². The van der Waals surface area contributed by atoms with Crippen molar-refractivity contribution in [3.05, 3.63) is 40.4 Å². The van der Waals surface area contributed by atoms with Crippen molar-refractivity contribution in [3.63, 3.8) is 0 Å². The van der Waals surface area contributed by atoms with E-state index < -0.39 is 0 Å². The molecule has 106 valence electrons. The van der Waals surface area contributed by atoms with Gasteiger partial charge >= 0.3 is 0 Å². The average molecular weight is 288 g/mol. The maximum atomic E-state index is 8.98. The van der Waals surface area contributed by atoms with Crippen LogP contribution in [0.5, 0.6) is 0 Å². The zero-order chi connectivity index (χ0) is 13.9. The SMILES string of the molecule is Cc1ccc(-c2nc3c(s2)C(NCCO)CCC3)cc1. The lowest BCUT2D eigenvalue weighted by molar-refractivity contribution is 0.281. The van der Waals surface area contributed by atoms with Gasteiger partial charge in [-0.2, -0.15) is 0 Å². The lowest BCUT2D eigenvalue weighted by atomic mass is 9.98. The van der Waals surface area contributed by atoms with Crippen LogP contribution in [0, 0.1) is 6.92 Å². The van der Waals surface area contributed by atoms with Gasteiger partial charge in [0.05, 0.1) is 12.3 Å². The molecule has 0 saturated carbocycles. The summed E-state index contributed by atoms with van der Waals surface area (Å²) in [4.78, 5) is 6.19. The fourth-order valence-electron chi connectivity index (χ4n) is 2.67. The van der Waals surface area contributed by atoms with E-state index in [4.69, 9.17) is 10.1 Å². The average Bonchev–Trinajstić information content (AvgIpc) is 2.90. The first-order valence-electron chi connectivity index (χ1n) is 7.19. The van der Waals surface area contributed by atoms with Gasteiger partial charge in [0, 0.05) is 23.0 Å². The van der Waals surface area contributed by atoms with Gasteiger partial charge in [-0.05, 0) is 26.2 Å². The molecule has 1 aliphatic rings. The first kappa shape index (κ1) is 13.7. The second-order valence-corrected chi connectivity index (χ2v) is 6.35. The van der Waals surface area contributed by atoms with Crippen molar-refractivity contribution in [3.8, 4) is 10.6 Å². The number of nitrogens with zero attached hydrogens (tertiary/aromatic N) is 1. The van der Waals surface area contributed by atoms with Crippen LogP contribution in [-0.2, 0) is 6.42 Å². The fraction of sp³-hybridized carbons (Fsp3) is 0.438. The quantitative estimate of drug-likeness (QED) is 0.909. The van der Waals surface area contributed by atoms with Crippen molar-refractivity contribution >= 4 is 11.3 Å². The molecule has 20 heavy (non-hydrogen) atoms. The topological polar surface area (TPSA) is 45.2 Å². The molecule has 3 rings (SSSR count). The second kappa shape index (κ2) is 6.04. The van der Waals surface area contributed by atoms with Crippen LogP contribution in [0.15, 0.2) is 24.3 Å². The Bertz CT molecular complexity index is 577. The molecule has 1 aromatic carbocycles. The summed E-state index contributed by atoms with van der Waals surface area (Å²) in [5, 5.41) is 13.5. The van der Waals surface area contributed by atoms with E-state index in [-0.39, 0.29) is 6.61 Å². The minimum absolute atomic E-state index is 0.190. The van der Waals surface area contributed by atoms with Crippen molar-refractivity contribution in [2.24, 2.45) is 0 Å². The number of aryl methyl sites for hydroxylation is 2. The van der Waals surface area contributed by atoms with E-state index in [0.717, 1.165) is 17.8 Å². The van der Waals surface area contributed by atoms with Crippen LogP contribution >= 0.6 is 11.3 Å². The number of aliphatic hydroxyl groups is 1. The van der Waals surface area contributed by atoms with Gasteiger partial charge in [-0.1, -0.05) is 29.8 Å². The highest BCUT2D eigenvalue weighted by Gasteiger charge is 2.24. The third-order valence-electron chi connectivity index (χ3n) is 3.75. The highest BCUT2D eigenvalue weighted by atomic mass is 32.1. The molecular formula is C16H20N2OS. The predicted octanol–water partition coefficient (Wildman–Crippen LogP) is 3.08. The molecule has 4 heteroatoms. The van der Waals surface area contributed by atoms with Gasteiger partial charge in [0.2, 0.25) is 0 Å². The van der Waals surface area contributed by atoms with Crippen molar-refractivity contribution < 1.29 is 5.11 Å². The number of thiazole rings is 1. The summed E-state index contributed by atoms with van der Waals surface area (Å²) in [6, 6.07) is 8.93. The molecule has 0 bridgehead atoms. The number of fused-ring (bicyclic) bond motifs is 1. The van der Waals surface area contributed by atoms with Gasteiger partial charge in [0.1, 0.15) is 5.01 Å². The molecule has 0 aliphatic heterocycles. The first-order chi connectivity index (χ1) is 9.78. The van der Waals surface area contributed by atoms with E-state index >= 15 is 0 Å². The van der Waals surface area contributed by atoms with Gasteiger partial charge in [-0.25, -0.2) is 4.98 Å². The van der Waals surface area contributed by atoms with Crippen molar-refractivity contribution in [2.75, 3.05) is 13.2 Å². The molecule has 0 fully saturated rings. The summed E-state index contributed by atoms with van der Waals surface area (Å²) in [6.07, 6.45) is 3.39. The summed E-state index contributed by atoms with van der Waals surface area (Å²) in [5.41, 5.74) is 3.72. The highest BCUT2D eigenvalue weighted by Crippen LogP contribution is 2.37. The number of nitrogens with one attached hydrogen (secondary N) is 1. The van der Waals surface area contributed by atoms with Crippen LogP contribution < -0.4 is 5.32 Å². The maximum Gasteiger partial charge on any atom is 0.123 e. The van der Waals surface area contributed by atoms with Gasteiger partial charge in [0.15, 0.2) is 0 Å². The molecule has 0 amide bonds. The summed E-state index contributed by atoms with van der Waals surface area (Å²) >= 11 is 1.80. The Morgan fingerprint density at radius 2 is 2.15 bits per heavy atom. The number of benzene rings is 1. The van der Waals surface area contributed by atoms with Crippen molar-refractivity contribution in [1.29, 1.82) is 0 Å². The summed E-state index contributed by atoms with van der Waals surface area (Å²) in [7, 11) is 0. The number of rotatable bonds is 4. The monoisotopic (exact) mass is 288 g/mol. The molecule has 1 atom stereocenters. The van der Waals surface area contributed by atoms with Crippen LogP contribution in [0.3, 0.4) is 0 Å². The van der Waals surface area contributed by atoms with Gasteiger partial charge in [-0.15, -0.1) is 11.3 Å². The third kappa shape index (κ3) is 2.77. The Morgan fingerprint density at radius 3 is 2.90 bits per heavy atom. The number of aliphatic hydroxyl groups excluding tert-OH is 1. The van der Waals surface area contributed by atoms with Crippen LogP contribution in [0.4, 0.5) is 0 Å². The normalized spacial score (nSPS) is 18.0. The van der Waals surface area contributed by atoms with E-state index in [1.54, 1.807) is 11.3 Å². The minimum Gasteiger partial charge on any atom is -0.395 e. The van der Waals surface area contributed by atoms with Crippen molar-refractivity contribution in [2.45, 2.75) is 32.2 Å². The molecule has 2 N–H and O–H groups in total. The fourth-order valence-corrected chi connectivity index (χ4v) is 3.90. The second-order valence-electron chi connectivity index (χ2n) is 5.32. The van der Waals surface area contributed by atoms with E-state index in [0.29, 0.717) is 12.6 Å². The Kier molecular flexibility index (Phi) is 4.15. The van der Waals surface area contributed by atoms with E-state index in [9.17, 15) is 0 Å². The Morgan fingerprint density at radius 1 is 1.35 bits per heavy atom. The first-order valence-corrected chi connectivity index (χ1v) is 8.00. The zero-order valence-corrected chi connectivity index (χ0v) is 12.5. The number of hydrogen-bond acceptors (Lipinski definition) is 4. The molecule has 1 unspecified atom stereocenters. The molecular weight excluding hydrogens is 268 g/mol. The summed E-state index contributed by atoms with van der Waals surface area (Å²) in [5.74, 6) is 0.